The van der Waals surface area contributed by atoms with Gasteiger partial charge in [-0.05, 0) is 58.7 Å². The first-order valence-corrected chi connectivity index (χ1v) is 13.1. The summed E-state index contributed by atoms with van der Waals surface area (Å²) in [6.07, 6.45) is -1.18. The van der Waals surface area contributed by atoms with Gasteiger partial charge in [0.05, 0.1) is 24.3 Å². The molecule has 0 aliphatic carbocycles. The van der Waals surface area contributed by atoms with Gasteiger partial charge < -0.3 is 24.6 Å². The third kappa shape index (κ3) is 5.96. The maximum absolute atomic E-state index is 13.4. The number of amides is 3. The number of esters is 2. The summed E-state index contributed by atoms with van der Waals surface area (Å²) < 4.78 is 16.5. The Labute approximate surface area is 229 Å². The van der Waals surface area contributed by atoms with Crippen LogP contribution in [0.25, 0.3) is 0 Å². The fourth-order valence-corrected chi connectivity index (χ4v) is 5.36. The second-order valence-electron chi connectivity index (χ2n) is 11.2. The van der Waals surface area contributed by atoms with Gasteiger partial charge in [-0.3, -0.25) is 19.3 Å². The van der Waals surface area contributed by atoms with Gasteiger partial charge in [0.2, 0.25) is 0 Å². The number of benzene rings is 1. The molecular weight excluding hydrogens is 528 g/mol. The van der Waals surface area contributed by atoms with Crippen molar-refractivity contribution in [2.75, 3.05) is 5.32 Å². The number of nitrogens with one attached hydrogen (secondary N) is 1. The fraction of sp³-hybridized carbons (Fsp3) is 0.444. The Morgan fingerprint density at radius 3 is 2.36 bits per heavy atom. The minimum Gasteiger partial charge on any atom is -0.507 e. The van der Waals surface area contributed by atoms with Crippen molar-refractivity contribution in [3.05, 3.63) is 45.3 Å². The topological polar surface area (TPSA) is 149 Å². The first-order valence-electron chi connectivity index (χ1n) is 12.3. The van der Waals surface area contributed by atoms with Crippen molar-refractivity contribution in [1.82, 2.24) is 4.90 Å². The molecule has 2 aliphatic heterocycles. The summed E-state index contributed by atoms with van der Waals surface area (Å²) in [5, 5.41) is 12.6. The Hall–Kier alpha value is -3.77. The molecule has 0 fully saturated rings. The van der Waals surface area contributed by atoms with Crippen LogP contribution in [-0.4, -0.2) is 57.0 Å². The summed E-state index contributed by atoms with van der Waals surface area (Å²) >= 11 is 1.03. The van der Waals surface area contributed by atoms with Crippen LogP contribution in [0, 0.1) is 0 Å². The van der Waals surface area contributed by atoms with E-state index in [0.29, 0.717) is 16.0 Å². The summed E-state index contributed by atoms with van der Waals surface area (Å²) in [4.78, 5) is 66.0. The SMILES string of the molecule is CC(C)(C)OC(=O)C(=O)Nc1sc2c(c1C(=O)OC(C)(C)C)CC(C(=O)N1Cc3cccc(O)c3C1=O)OC2. The Balaban J connectivity index is 1.62. The number of rotatable bonds is 3. The standard InChI is InChI=1S/C27H30N2O9S/c1-26(2,3)37-24(34)19-14-10-16(22(32)29-11-13-8-7-9-15(30)18(13)23(29)33)36-12-17(14)39-21(19)28-20(31)25(35)38-27(4,5)6/h7-9,16,30H,10-12H2,1-6H3,(H,28,31). The molecule has 4 rings (SSSR count). The molecule has 1 aromatic heterocycles. The molecule has 3 amide bonds. The average molecular weight is 559 g/mol. The lowest BCUT2D eigenvalue weighted by Gasteiger charge is -2.26. The van der Waals surface area contributed by atoms with Crippen LogP contribution in [-0.2, 0) is 48.2 Å². The Bertz CT molecular complexity index is 1380. The normalized spacial score (nSPS) is 16.8. The van der Waals surface area contributed by atoms with Crippen molar-refractivity contribution in [3.8, 4) is 5.75 Å². The van der Waals surface area contributed by atoms with E-state index in [4.69, 9.17) is 14.2 Å². The zero-order chi connectivity index (χ0) is 28.9. The van der Waals surface area contributed by atoms with E-state index >= 15 is 0 Å². The number of fused-ring (bicyclic) bond motifs is 2. The molecule has 3 heterocycles. The number of phenolic OH excluding ortho intramolecular Hbond substituents is 1. The van der Waals surface area contributed by atoms with Gasteiger partial charge in [-0.25, -0.2) is 9.59 Å². The molecule has 0 spiro atoms. The highest BCUT2D eigenvalue weighted by atomic mass is 32.1. The summed E-state index contributed by atoms with van der Waals surface area (Å²) in [6, 6.07) is 4.61. The van der Waals surface area contributed by atoms with Crippen LogP contribution in [0.1, 0.15) is 78.3 Å². The minimum absolute atomic E-state index is 0.0108. The number of carbonyl (C=O) groups excluding carboxylic acids is 5. The van der Waals surface area contributed by atoms with Crippen molar-refractivity contribution < 1.29 is 43.3 Å². The largest absolute Gasteiger partial charge is 0.507 e. The molecule has 0 saturated carbocycles. The lowest BCUT2D eigenvalue weighted by Crippen LogP contribution is -2.43. The smallest absolute Gasteiger partial charge is 0.397 e. The maximum atomic E-state index is 13.4. The van der Waals surface area contributed by atoms with Gasteiger partial charge in [-0.15, -0.1) is 11.3 Å². The second-order valence-corrected chi connectivity index (χ2v) is 12.3. The first kappa shape index (κ1) is 28.2. The number of imide groups is 1. The molecule has 0 bridgehead atoms. The predicted molar refractivity (Wildman–Crippen MR) is 139 cm³/mol. The molecule has 2 aromatic rings. The minimum atomic E-state index is -1.12. The molecule has 0 saturated heterocycles. The van der Waals surface area contributed by atoms with Crippen molar-refractivity contribution in [2.24, 2.45) is 0 Å². The van der Waals surface area contributed by atoms with Crippen LogP contribution < -0.4 is 5.32 Å². The van der Waals surface area contributed by atoms with Gasteiger partial charge in [0.25, 0.3) is 11.8 Å². The summed E-state index contributed by atoms with van der Waals surface area (Å²) in [5.41, 5.74) is -0.750. The van der Waals surface area contributed by atoms with E-state index in [-0.39, 0.29) is 41.4 Å². The number of ether oxygens (including phenoxy) is 3. The number of aromatic hydroxyl groups is 1. The van der Waals surface area contributed by atoms with Crippen LogP contribution in [0.3, 0.4) is 0 Å². The lowest BCUT2D eigenvalue weighted by molar-refractivity contribution is -0.161. The molecule has 1 atom stereocenters. The third-order valence-electron chi connectivity index (χ3n) is 5.77. The molecule has 1 aromatic carbocycles. The van der Waals surface area contributed by atoms with Gasteiger partial charge in [0, 0.05) is 11.3 Å². The molecule has 208 valence electrons. The number of hydrogen-bond acceptors (Lipinski definition) is 10. The molecule has 2 N–H and O–H groups in total. The second kappa shape index (κ2) is 10.1. The monoisotopic (exact) mass is 558 g/mol. The van der Waals surface area contributed by atoms with Gasteiger partial charge in [0.1, 0.15) is 28.1 Å². The number of phenols is 1. The van der Waals surface area contributed by atoms with Crippen molar-refractivity contribution in [2.45, 2.75) is 78.4 Å². The third-order valence-corrected chi connectivity index (χ3v) is 6.89. The van der Waals surface area contributed by atoms with Crippen LogP contribution in [0.4, 0.5) is 5.00 Å². The fourth-order valence-electron chi connectivity index (χ4n) is 4.23. The Morgan fingerprint density at radius 1 is 1.08 bits per heavy atom. The van der Waals surface area contributed by atoms with E-state index < -0.39 is 47.0 Å². The summed E-state index contributed by atoms with van der Waals surface area (Å²) in [6.45, 7) is 9.82. The van der Waals surface area contributed by atoms with E-state index in [9.17, 15) is 29.1 Å². The van der Waals surface area contributed by atoms with Gasteiger partial charge >= 0.3 is 17.8 Å². The van der Waals surface area contributed by atoms with E-state index in [1.54, 1.807) is 53.7 Å². The highest BCUT2D eigenvalue weighted by Crippen LogP contribution is 2.40. The van der Waals surface area contributed by atoms with Crippen LogP contribution in [0.2, 0.25) is 0 Å². The quantitative estimate of drug-likeness (QED) is 0.329. The van der Waals surface area contributed by atoms with E-state index in [0.717, 1.165) is 16.2 Å². The number of anilines is 1. The first-order chi connectivity index (χ1) is 18.1. The summed E-state index contributed by atoms with van der Waals surface area (Å²) in [5.74, 6) is -4.41. The zero-order valence-corrected chi connectivity index (χ0v) is 23.3. The molecule has 1 unspecified atom stereocenters. The Morgan fingerprint density at radius 2 is 1.74 bits per heavy atom. The molecule has 39 heavy (non-hydrogen) atoms. The number of nitrogens with zero attached hydrogens (tertiary/aromatic N) is 1. The van der Waals surface area contributed by atoms with Crippen LogP contribution in [0.15, 0.2) is 18.2 Å². The summed E-state index contributed by atoms with van der Waals surface area (Å²) in [7, 11) is 0. The van der Waals surface area contributed by atoms with Gasteiger partial charge in [-0.2, -0.15) is 0 Å². The zero-order valence-electron chi connectivity index (χ0n) is 22.5. The number of thiophene rings is 1. The molecule has 0 radical (unpaired) electrons. The van der Waals surface area contributed by atoms with E-state index in [1.165, 1.54) is 6.07 Å². The Kier molecular flexibility index (Phi) is 7.30. The average Bonchev–Trinajstić information content (AvgIpc) is 3.33. The molecule has 12 heteroatoms. The van der Waals surface area contributed by atoms with Gasteiger partial charge in [0.15, 0.2) is 0 Å². The predicted octanol–water partition coefficient (Wildman–Crippen LogP) is 3.31. The van der Waals surface area contributed by atoms with Crippen LogP contribution in [0.5, 0.6) is 5.75 Å². The van der Waals surface area contributed by atoms with Gasteiger partial charge in [-0.1, -0.05) is 12.1 Å². The molecular formula is C27H30N2O9S. The van der Waals surface area contributed by atoms with E-state index in [1.807, 2.05) is 0 Å². The molecule has 11 nitrogen and oxygen atoms in total. The van der Waals surface area contributed by atoms with Crippen molar-refractivity contribution in [1.29, 1.82) is 0 Å². The highest BCUT2D eigenvalue weighted by molar-refractivity contribution is 7.17. The highest BCUT2D eigenvalue weighted by Gasteiger charge is 2.41. The van der Waals surface area contributed by atoms with E-state index in [2.05, 4.69) is 5.32 Å². The molecule has 2 aliphatic rings. The van der Waals surface area contributed by atoms with Crippen molar-refractivity contribution >= 4 is 46.0 Å². The lowest BCUT2D eigenvalue weighted by atomic mass is 9.99. The number of hydrogen-bond donors (Lipinski definition) is 2. The van der Waals surface area contributed by atoms with Crippen molar-refractivity contribution in [3.63, 3.8) is 0 Å². The van der Waals surface area contributed by atoms with Crippen LogP contribution >= 0.6 is 11.3 Å². The maximum Gasteiger partial charge on any atom is 0.397 e. The number of carbonyl (C=O) groups is 5.